The topological polar surface area (TPSA) is 91.4 Å². The van der Waals surface area contributed by atoms with Crippen LogP contribution in [0, 0.1) is 23.3 Å². The fourth-order valence-electron chi connectivity index (χ4n) is 3.21. The average Bonchev–Trinajstić information content (AvgIpc) is 3.20. The van der Waals surface area contributed by atoms with Crippen LogP contribution in [0.15, 0.2) is 54.9 Å². The van der Waals surface area contributed by atoms with Crippen LogP contribution in [0.25, 0.3) is 5.69 Å². The van der Waals surface area contributed by atoms with E-state index < -0.39 is 57.3 Å². The van der Waals surface area contributed by atoms with Crippen molar-refractivity contribution in [2.75, 3.05) is 0 Å². The van der Waals surface area contributed by atoms with Gasteiger partial charge in [0.2, 0.25) is 0 Å². The van der Waals surface area contributed by atoms with Crippen molar-refractivity contribution in [1.29, 1.82) is 0 Å². The first-order valence-corrected chi connectivity index (χ1v) is 9.25. The molecule has 1 aromatic heterocycles. The van der Waals surface area contributed by atoms with Crippen molar-refractivity contribution in [3.8, 4) is 17.2 Å². The summed E-state index contributed by atoms with van der Waals surface area (Å²) in [5.74, 6) is -5.84. The molecule has 0 radical (unpaired) electrons. The van der Waals surface area contributed by atoms with Crippen LogP contribution in [-0.2, 0) is 5.60 Å². The third kappa shape index (κ3) is 3.74. The molecule has 1 heterocycles. The van der Waals surface area contributed by atoms with Gasteiger partial charge < -0.3 is 15.3 Å². The van der Waals surface area contributed by atoms with Crippen molar-refractivity contribution in [2.45, 2.75) is 5.60 Å². The van der Waals surface area contributed by atoms with Gasteiger partial charge in [-0.3, -0.25) is 0 Å². The van der Waals surface area contributed by atoms with Gasteiger partial charge in [-0.25, -0.2) is 27.2 Å². The average molecular weight is 466 g/mol. The fourth-order valence-corrected chi connectivity index (χ4v) is 3.42. The number of aromatic hydroxyl groups is 2. The maximum absolute atomic E-state index is 13.9. The van der Waals surface area contributed by atoms with Gasteiger partial charge in [-0.1, -0.05) is 11.6 Å². The molecular weight excluding hydrogens is 454 g/mol. The fraction of sp³-hybridized carbons (Fsp3) is 0.0476. The lowest BCUT2D eigenvalue weighted by molar-refractivity contribution is 0.114. The monoisotopic (exact) mass is 465 g/mol. The number of halogens is 5. The van der Waals surface area contributed by atoms with Crippen molar-refractivity contribution >= 4 is 11.6 Å². The van der Waals surface area contributed by atoms with Crippen LogP contribution in [0.3, 0.4) is 0 Å². The Labute approximate surface area is 182 Å². The number of nitrogens with zero attached hydrogens (tertiary/aromatic N) is 3. The molecule has 0 spiro atoms. The Balaban J connectivity index is 1.94. The first-order chi connectivity index (χ1) is 15.1. The molecular formula is C21H12ClF4N3O3. The Morgan fingerprint density at radius 3 is 1.75 bits per heavy atom. The first kappa shape index (κ1) is 21.6. The summed E-state index contributed by atoms with van der Waals surface area (Å²) in [7, 11) is 0. The zero-order valence-corrected chi connectivity index (χ0v) is 16.5. The van der Waals surface area contributed by atoms with Crippen molar-refractivity contribution in [2.24, 2.45) is 0 Å². The zero-order valence-electron chi connectivity index (χ0n) is 15.8. The molecule has 0 atom stereocenters. The third-order valence-corrected chi connectivity index (χ3v) is 4.96. The molecule has 0 aliphatic heterocycles. The molecule has 0 bridgehead atoms. The summed E-state index contributed by atoms with van der Waals surface area (Å²) in [5.41, 5.74) is -3.32. The molecule has 11 heteroatoms. The largest absolute Gasteiger partial charge is 0.504 e. The highest BCUT2D eigenvalue weighted by Crippen LogP contribution is 2.38. The van der Waals surface area contributed by atoms with Gasteiger partial charge in [0, 0.05) is 29.3 Å². The minimum atomic E-state index is -2.57. The molecule has 32 heavy (non-hydrogen) atoms. The lowest BCUT2D eigenvalue weighted by Crippen LogP contribution is -2.31. The smallest absolute Gasteiger partial charge is 0.192 e. The second-order valence-electron chi connectivity index (χ2n) is 6.83. The van der Waals surface area contributed by atoms with E-state index in [9.17, 15) is 32.9 Å². The van der Waals surface area contributed by atoms with Gasteiger partial charge in [-0.15, -0.1) is 5.10 Å². The molecule has 4 aromatic rings. The van der Waals surface area contributed by atoms with Crippen molar-refractivity contribution in [1.82, 2.24) is 14.8 Å². The highest BCUT2D eigenvalue weighted by atomic mass is 35.5. The Morgan fingerprint density at radius 2 is 1.28 bits per heavy atom. The number of benzene rings is 3. The van der Waals surface area contributed by atoms with Gasteiger partial charge in [0.05, 0.1) is 10.7 Å². The molecule has 164 valence electrons. The minimum absolute atomic E-state index is 0.0993. The van der Waals surface area contributed by atoms with Gasteiger partial charge in [0.25, 0.3) is 0 Å². The highest BCUT2D eigenvalue weighted by Gasteiger charge is 2.39. The quantitative estimate of drug-likeness (QED) is 0.311. The van der Waals surface area contributed by atoms with Crippen molar-refractivity contribution in [3.05, 3.63) is 100 Å². The van der Waals surface area contributed by atoms with E-state index in [0.29, 0.717) is 12.1 Å². The van der Waals surface area contributed by atoms with Crippen LogP contribution in [0.4, 0.5) is 17.6 Å². The Kier molecular flexibility index (Phi) is 5.27. The number of hydrogen-bond acceptors (Lipinski definition) is 5. The number of aliphatic hydroxyl groups is 1. The van der Waals surface area contributed by atoms with Crippen molar-refractivity contribution in [3.63, 3.8) is 0 Å². The third-order valence-electron chi connectivity index (χ3n) is 4.67. The van der Waals surface area contributed by atoms with E-state index in [2.05, 4.69) is 10.1 Å². The second-order valence-corrected chi connectivity index (χ2v) is 7.24. The van der Waals surface area contributed by atoms with E-state index in [1.54, 1.807) is 0 Å². The number of phenolic OH excluding ortho intramolecular Hbond substituents is 2. The lowest BCUT2D eigenvalue weighted by Gasteiger charge is -2.26. The summed E-state index contributed by atoms with van der Waals surface area (Å²) in [5, 5.41) is 34.7. The molecule has 0 saturated carbocycles. The van der Waals surface area contributed by atoms with Gasteiger partial charge in [-0.2, -0.15) is 0 Å². The Hall–Kier alpha value is -3.63. The minimum Gasteiger partial charge on any atom is -0.504 e. The van der Waals surface area contributed by atoms with E-state index in [1.165, 1.54) is 6.07 Å². The molecule has 0 fully saturated rings. The lowest BCUT2D eigenvalue weighted by atomic mass is 9.85. The summed E-state index contributed by atoms with van der Waals surface area (Å²) in [6, 6.07) is 6.52. The predicted octanol–water partition coefficient (Wildman–Crippen LogP) is 4.17. The number of phenols is 2. The summed E-state index contributed by atoms with van der Waals surface area (Å²) in [6.45, 7) is 0. The summed E-state index contributed by atoms with van der Waals surface area (Å²) in [4.78, 5) is 3.94. The van der Waals surface area contributed by atoms with Gasteiger partial charge in [-0.05, 0) is 30.3 Å². The Bertz CT molecular complexity index is 1230. The molecule has 4 rings (SSSR count). The van der Waals surface area contributed by atoms with Gasteiger partial charge >= 0.3 is 0 Å². The molecule has 6 nitrogen and oxygen atoms in total. The predicted molar refractivity (Wildman–Crippen MR) is 105 cm³/mol. The van der Waals surface area contributed by atoms with Crippen LogP contribution in [0.1, 0.15) is 17.0 Å². The maximum Gasteiger partial charge on any atom is 0.192 e. The van der Waals surface area contributed by atoms with E-state index >= 15 is 0 Å². The van der Waals surface area contributed by atoms with Crippen LogP contribution in [0.5, 0.6) is 11.5 Å². The maximum atomic E-state index is 13.9. The van der Waals surface area contributed by atoms with Crippen LogP contribution in [0.2, 0.25) is 5.02 Å². The molecule has 0 amide bonds. The Morgan fingerprint density at radius 1 is 0.781 bits per heavy atom. The van der Waals surface area contributed by atoms with Crippen molar-refractivity contribution < 1.29 is 32.9 Å². The summed E-state index contributed by atoms with van der Waals surface area (Å²) in [6.07, 6.45) is 1.06. The van der Waals surface area contributed by atoms with Crippen LogP contribution in [-0.4, -0.2) is 30.1 Å². The number of rotatable bonds is 4. The number of hydrogen-bond donors (Lipinski definition) is 3. The standard InChI is InChI=1S/C21H12ClF4N3O3/c22-17-7-16(8-18(30)19(17)31)29-9-27-20(28-29)21(32,10-1-12(23)5-13(24)2-10)11-3-14(25)6-15(26)4-11/h1-9,30-32H. The van der Waals surface area contributed by atoms with Gasteiger partial charge in [0.1, 0.15) is 29.6 Å². The molecule has 0 saturated heterocycles. The molecule has 0 unspecified atom stereocenters. The van der Waals surface area contributed by atoms with Gasteiger partial charge in [0.15, 0.2) is 22.9 Å². The number of aromatic nitrogens is 3. The van der Waals surface area contributed by atoms with E-state index in [1.807, 2.05) is 0 Å². The van der Waals surface area contributed by atoms with Crippen LogP contribution >= 0.6 is 11.6 Å². The zero-order chi connectivity index (χ0) is 23.2. The second kappa shape index (κ2) is 7.81. The summed E-state index contributed by atoms with van der Waals surface area (Å²) >= 11 is 5.84. The normalized spacial score (nSPS) is 11.7. The molecule has 0 aliphatic carbocycles. The highest BCUT2D eigenvalue weighted by molar-refractivity contribution is 6.32. The molecule has 3 N–H and O–H groups in total. The van der Waals surface area contributed by atoms with Crippen LogP contribution < -0.4 is 0 Å². The molecule has 3 aromatic carbocycles. The summed E-state index contributed by atoms with van der Waals surface area (Å²) < 4.78 is 56.8. The first-order valence-electron chi connectivity index (χ1n) is 8.87. The van der Waals surface area contributed by atoms with E-state index in [4.69, 9.17) is 11.6 Å². The molecule has 0 aliphatic rings. The van der Waals surface area contributed by atoms with E-state index in [0.717, 1.165) is 41.3 Å². The van der Waals surface area contributed by atoms with E-state index in [-0.39, 0.29) is 10.7 Å². The SMILES string of the molecule is Oc1cc(-n2cnc(C(O)(c3cc(F)cc(F)c3)c3cc(F)cc(F)c3)n2)cc(Cl)c1O.